The number of nitrogens with two attached hydrogens (primary N) is 1. The van der Waals surface area contributed by atoms with Crippen molar-refractivity contribution in [2.45, 2.75) is 11.8 Å². The number of halogens is 4. The van der Waals surface area contributed by atoms with E-state index >= 15 is 4.39 Å². The summed E-state index contributed by atoms with van der Waals surface area (Å²) in [6, 6.07) is 12.9. The Hall–Kier alpha value is -4.08. The van der Waals surface area contributed by atoms with Crippen LogP contribution in [0.4, 0.5) is 34.8 Å². The van der Waals surface area contributed by atoms with Crippen molar-refractivity contribution in [3.05, 3.63) is 78.1 Å². The number of alkyl halides is 4. The van der Waals surface area contributed by atoms with Gasteiger partial charge in [0.2, 0.25) is 0 Å². The maximum atomic E-state index is 15.6. The summed E-state index contributed by atoms with van der Waals surface area (Å²) in [7, 11) is 2.99. The molecule has 1 aromatic heterocycles. The third kappa shape index (κ3) is 4.02. The molecule has 0 fully saturated rings. The lowest BCUT2D eigenvalue weighted by atomic mass is 9.87. The second kappa shape index (κ2) is 8.69. The minimum absolute atomic E-state index is 0.0322. The van der Waals surface area contributed by atoms with Crippen LogP contribution in [0.5, 0.6) is 11.5 Å². The Morgan fingerprint density at radius 2 is 1.50 bits per heavy atom. The summed E-state index contributed by atoms with van der Waals surface area (Å²) in [5.74, 6) is 1.33. The van der Waals surface area contributed by atoms with Crippen LogP contribution in [0.15, 0.2) is 67.0 Å². The van der Waals surface area contributed by atoms with Gasteiger partial charge in [0.1, 0.15) is 12.1 Å². The minimum Gasteiger partial charge on any atom is -0.493 e. The van der Waals surface area contributed by atoms with Gasteiger partial charge in [0, 0.05) is 34.0 Å². The lowest BCUT2D eigenvalue weighted by Gasteiger charge is -2.29. The lowest BCUT2D eigenvalue weighted by molar-refractivity contribution is -0.219. The zero-order chi connectivity index (χ0) is 24.5. The molecule has 0 amide bonds. The van der Waals surface area contributed by atoms with Crippen LogP contribution in [0.25, 0.3) is 10.9 Å². The molecule has 4 aromatic rings. The van der Waals surface area contributed by atoms with Crippen LogP contribution in [-0.4, -0.2) is 30.4 Å². The molecule has 0 radical (unpaired) electrons. The average Bonchev–Trinajstić information content (AvgIpc) is 2.82. The summed E-state index contributed by atoms with van der Waals surface area (Å²) in [6.45, 7) is 0. The van der Waals surface area contributed by atoms with Crippen LogP contribution in [-0.2, 0) is 5.67 Å². The molecule has 0 spiro atoms. The summed E-state index contributed by atoms with van der Waals surface area (Å²) in [6.07, 6.45) is -3.87. The number of ether oxygens (including phenoxy) is 2. The molecule has 1 heterocycles. The summed E-state index contributed by atoms with van der Waals surface area (Å²) in [4.78, 5) is 8.42. The van der Waals surface area contributed by atoms with E-state index in [4.69, 9.17) is 15.2 Å². The first-order chi connectivity index (χ1) is 16.2. The first-order valence-corrected chi connectivity index (χ1v) is 10.0. The molecular formula is C24H20F4N4O2. The molecule has 0 aliphatic carbocycles. The highest BCUT2D eigenvalue weighted by Crippen LogP contribution is 2.48. The largest absolute Gasteiger partial charge is 0.493 e. The number of benzene rings is 3. The van der Waals surface area contributed by atoms with Crippen LogP contribution in [0.2, 0.25) is 0 Å². The van der Waals surface area contributed by atoms with Crippen molar-refractivity contribution in [1.82, 2.24) is 9.97 Å². The van der Waals surface area contributed by atoms with Gasteiger partial charge in [0.15, 0.2) is 11.5 Å². The highest BCUT2D eigenvalue weighted by Gasteiger charge is 2.58. The highest BCUT2D eigenvalue weighted by atomic mass is 19.4. The zero-order valence-electron chi connectivity index (χ0n) is 18.2. The van der Waals surface area contributed by atoms with Gasteiger partial charge >= 0.3 is 6.18 Å². The molecule has 1 atom stereocenters. The van der Waals surface area contributed by atoms with Gasteiger partial charge in [-0.15, -0.1) is 0 Å². The van der Waals surface area contributed by atoms with E-state index in [2.05, 4.69) is 15.3 Å². The molecule has 6 nitrogen and oxygen atoms in total. The molecule has 3 N–H and O–H groups in total. The number of fused-ring (bicyclic) bond motifs is 1. The average molecular weight is 472 g/mol. The van der Waals surface area contributed by atoms with Gasteiger partial charge in [-0.25, -0.2) is 14.4 Å². The fourth-order valence-electron chi connectivity index (χ4n) is 3.65. The predicted octanol–water partition coefficient (Wildman–Crippen LogP) is 5.75. The van der Waals surface area contributed by atoms with E-state index in [1.807, 2.05) is 0 Å². The smallest absolute Gasteiger partial charge is 0.431 e. The van der Waals surface area contributed by atoms with Crippen LogP contribution >= 0.6 is 0 Å². The predicted molar refractivity (Wildman–Crippen MR) is 121 cm³/mol. The van der Waals surface area contributed by atoms with E-state index in [9.17, 15) is 13.2 Å². The van der Waals surface area contributed by atoms with E-state index in [0.29, 0.717) is 33.9 Å². The van der Waals surface area contributed by atoms with Crippen molar-refractivity contribution >= 4 is 28.1 Å². The molecule has 176 valence electrons. The Labute approximate surface area is 192 Å². The monoisotopic (exact) mass is 472 g/mol. The summed E-state index contributed by atoms with van der Waals surface area (Å²) < 4.78 is 67.9. The summed E-state index contributed by atoms with van der Waals surface area (Å²) >= 11 is 0. The number of methoxy groups -OCH3 is 2. The van der Waals surface area contributed by atoms with Crippen LogP contribution in [0, 0.1) is 0 Å². The second-order valence-corrected chi connectivity index (χ2v) is 7.43. The molecule has 0 bridgehead atoms. The summed E-state index contributed by atoms with van der Waals surface area (Å²) in [5, 5.41) is 3.63. The van der Waals surface area contributed by atoms with E-state index in [0.717, 1.165) is 24.3 Å². The number of nitrogens with one attached hydrogen (secondary N) is 1. The van der Waals surface area contributed by atoms with E-state index in [1.54, 1.807) is 12.1 Å². The number of rotatable bonds is 6. The van der Waals surface area contributed by atoms with Crippen molar-refractivity contribution in [3.63, 3.8) is 0 Å². The normalized spacial score (nSPS) is 13.4. The third-order valence-corrected chi connectivity index (χ3v) is 5.36. The fourth-order valence-corrected chi connectivity index (χ4v) is 3.65. The highest BCUT2D eigenvalue weighted by molar-refractivity contribution is 5.93. The summed E-state index contributed by atoms with van der Waals surface area (Å²) in [5.41, 5.74) is 1.69. The molecule has 4 rings (SSSR count). The quantitative estimate of drug-likeness (QED) is 0.275. The van der Waals surface area contributed by atoms with Crippen molar-refractivity contribution in [1.29, 1.82) is 0 Å². The molecule has 34 heavy (non-hydrogen) atoms. The number of anilines is 3. The molecule has 0 saturated carbocycles. The van der Waals surface area contributed by atoms with Gasteiger partial charge in [0.25, 0.3) is 5.67 Å². The fraction of sp³-hybridized carbons (Fsp3) is 0.167. The topological polar surface area (TPSA) is 82.3 Å². The van der Waals surface area contributed by atoms with Gasteiger partial charge in [-0.1, -0.05) is 24.3 Å². The molecule has 0 saturated heterocycles. The van der Waals surface area contributed by atoms with Gasteiger partial charge in [-0.3, -0.25) is 0 Å². The Kier molecular flexibility index (Phi) is 5.90. The van der Waals surface area contributed by atoms with Crippen LogP contribution < -0.4 is 20.5 Å². The van der Waals surface area contributed by atoms with Gasteiger partial charge in [-0.2, -0.15) is 13.2 Å². The first kappa shape index (κ1) is 23.1. The van der Waals surface area contributed by atoms with E-state index in [1.165, 1.54) is 44.8 Å². The molecular weight excluding hydrogens is 452 g/mol. The Morgan fingerprint density at radius 3 is 2.12 bits per heavy atom. The second-order valence-electron chi connectivity index (χ2n) is 7.43. The third-order valence-electron chi connectivity index (χ3n) is 5.36. The zero-order valence-corrected chi connectivity index (χ0v) is 18.2. The molecule has 0 aliphatic heterocycles. The van der Waals surface area contributed by atoms with Crippen molar-refractivity contribution in [2.75, 3.05) is 25.3 Å². The SMILES string of the molecule is COc1cc2ncnc(Nc3ccc(C(F)(c4cccc(N)c4)C(F)(F)F)cc3)c2cc1OC. The Morgan fingerprint density at radius 1 is 0.824 bits per heavy atom. The minimum atomic E-state index is -5.20. The van der Waals surface area contributed by atoms with Crippen molar-refractivity contribution in [3.8, 4) is 11.5 Å². The number of hydrogen-bond donors (Lipinski definition) is 2. The standard InChI is InChI=1S/C24H20F4N4O2/c1-33-20-11-18-19(12-21(20)34-2)30-13-31-22(18)32-17-8-6-14(7-9-17)23(25,24(26,27)28)15-4-3-5-16(29)10-15/h3-13H,29H2,1-2H3,(H,30,31,32). The number of hydrogen-bond acceptors (Lipinski definition) is 6. The molecule has 3 aromatic carbocycles. The maximum Gasteiger partial charge on any atom is 0.431 e. The van der Waals surface area contributed by atoms with Gasteiger partial charge in [0.05, 0.1) is 19.7 Å². The van der Waals surface area contributed by atoms with Gasteiger partial charge < -0.3 is 20.5 Å². The molecule has 0 aliphatic rings. The van der Waals surface area contributed by atoms with Crippen LogP contribution in [0.3, 0.4) is 0 Å². The maximum absolute atomic E-state index is 15.6. The molecule has 1 unspecified atom stereocenters. The Bertz CT molecular complexity index is 1330. The number of nitrogens with zero attached hydrogens (tertiary/aromatic N) is 2. The number of nitrogen functional groups attached to an aromatic ring is 1. The van der Waals surface area contributed by atoms with Gasteiger partial charge in [-0.05, 0) is 30.3 Å². The van der Waals surface area contributed by atoms with Crippen molar-refractivity contribution < 1.29 is 27.0 Å². The van der Waals surface area contributed by atoms with Crippen LogP contribution in [0.1, 0.15) is 11.1 Å². The molecule has 10 heteroatoms. The van der Waals surface area contributed by atoms with Crippen molar-refractivity contribution in [2.24, 2.45) is 0 Å². The first-order valence-electron chi connectivity index (χ1n) is 10.0. The van der Waals surface area contributed by atoms with E-state index in [-0.39, 0.29) is 5.69 Å². The lowest BCUT2D eigenvalue weighted by Crippen LogP contribution is -2.39. The van der Waals surface area contributed by atoms with E-state index < -0.39 is 23.0 Å². The Balaban J connectivity index is 1.71. The number of aromatic nitrogens is 2.